The summed E-state index contributed by atoms with van der Waals surface area (Å²) in [5, 5.41) is 10.9. The average molecular weight is 304 g/mol. The molecule has 3 rings (SSSR count). The van der Waals surface area contributed by atoms with Gasteiger partial charge in [-0.1, -0.05) is 5.16 Å². The van der Waals surface area contributed by atoms with Crippen LogP contribution in [0.4, 0.5) is 5.82 Å². The van der Waals surface area contributed by atoms with Crippen LogP contribution in [0.1, 0.15) is 29.7 Å². The third-order valence-electron chi connectivity index (χ3n) is 3.80. The maximum atomic E-state index is 12.1. The highest BCUT2D eigenvalue weighted by atomic mass is 16.5. The van der Waals surface area contributed by atoms with E-state index in [4.69, 9.17) is 4.52 Å². The molecule has 0 aromatic carbocycles. The van der Waals surface area contributed by atoms with E-state index >= 15 is 0 Å². The lowest BCUT2D eigenvalue weighted by Gasteiger charge is -2.14. The highest BCUT2D eigenvalue weighted by Crippen LogP contribution is 2.25. The number of hydrogen-bond donors (Lipinski definition) is 1. The van der Waals surface area contributed by atoms with Gasteiger partial charge in [-0.25, -0.2) is 0 Å². The van der Waals surface area contributed by atoms with Crippen LogP contribution in [0.3, 0.4) is 0 Å². The van der Waals surface area contributed by atoms with Crippen molar-refractivity contribution in [1.29, 1.82) is 0 Å². The van der Waals surface area contributed by atoms with Gasteiger partial charge in [-0.2, -0.15) is 10.1 Å². The standard InChI is InChI=1S/C14H20N6O2/c1-9-6-12(19(3)17-9)16-13(21)8-20-5-4-11(7-20)14-15-10(2)18-22-14/h6,11H,4-5,7-8H2,1-3H3,(H,16,21)/t11-/m0/s1. The molecule has 8 nitrogen and oxygen atoms in total. The van der Waals surface area contributed by atoms with Gasteiger partial charge in [-0.05, 0) is 26.8 Å². The molecule has 0 unspecified atom stereocenters. The van der Waals surface area contributed by atoms with E-state index in [1.807, 2.05) is 27.0 Å². The largest absolute Gasteiger partial charge is 0.339 e. The number of anilines is 1. The second-order valence-corrected chi connectivity index (χ2v) is 5.74. The van der Waals surface area contributed by atoms with Crippen molar-refractivity contribution in [3.63, 3.8) is 0 Å². The van der Waals surface area contributed by atoms with Gasteiger partial charge >= 0.3 is 0 Å². The smallest absolute Gasteiger partial charge is 0.239 e. The normalized spacial score (nSPS) is 18.8. The summed E-state index contributed by atoms with van der Waals surface area (Å²) >= 11 is 0. The van der Waals surface area contributed by atoms with Crippen LogP contribution in [0.25, 0.3) is 0 Å². The van der Waals surface area contributed by atoms with Crippen molar-refractivity contribution < 1.29 is 9.32 Å². The van der Waals surface area contributed by atoms with Gasteiger partial charge < -0.3 is 9.84 Å². The quantitative estimate of drug-likeness (QED) is 0.900. The van der Waals surface area contributed by atoms with Crippen LogP contribution in [-0.4, -0.2) is 50.4 Å². The highest BCUT2D eigenvalue weighted by molar-refractivity contribution is 5.91. The van der Waals surface area contributed by atoms with E-state index in [0.717, 1.165) is 25.2 Å². The Morgan fingerprint density at radius 1 is 1.50 bits per heavy atom. The van der Waals surface area contributed by atoms with Crippen LogP contribution in [-0.2, 0) is 11.8 Å². The number of rotatable bonds is 4. The number of carbonyl (C=O) groups excluding carboxylic acids is 1. The molecule has 8 heteroatoms. The Balaban J connectivity index is 1.53. The number of likely N-dealkylation sites (tertiary alicyclic amines) is 1. The number of aromatic nitrogens is 4. The highest BCUT2D eigenvalue weighted by Gasteiger charge is 2.29. The van der Waals surface area contributed by atoms with E-state index in [-0.39, 0.29) is 11.8 Å². The summed E-state index contributed by atoms with van der Waals surface area (Å²) in [6, 6.07) is 1.85. The van der Waals surface area contributed by atoms with E-state index in [1.165, 1.54) is 0 Å². The van der Waals surface area contributed by atoms with Crippen molar-refractivity contribution in [2.75, 3.05) is 25.0 Å². The molecule has 1 saturated heterocycles. The lowest BCUT2D eigenvalue weighted by atomic mass is 10.1. The zero-order valence-electron chi connectivity index (χ0n) is 13.0. The summed E-state index contributed by atoms with van der Waals surface area (Å²) in [5.74, 6) is 2.21. The molecule has 2 aromatic heterocycles. The maximum absolute atomic E-state index is 12.1. The van der Waals surface area contributed by atoms with Crippen LogP contribution in [0, 0.1) is 13.8 Å². The first-order chi connectivity index (χ1) is 10.5. The topological polar surface area (TPSA) is 89.1 Å². The molecule has 0 aliphatic carbocycles. The number of aryl methyl sites for hydroxylation is 3. The Labute approximate surface area is 128 Å². The van der Waals surface area contributed by atoms with Crippen molar-refractivity contribution in [3.8, 4) is 0 Å². The fraction of sp³-hybridized carbons (Fsp3) is 0.571. The summed E-state index contributed by atoms with van der Waals surface area (Å²) < 4.78 is 6.88. The molecule has 1 aliphatic heterocycles. The van der Waals surface area contributed by atoms with Gasteiger partial charge in [0, 0.05) is 19.7 Å². The Bertz CT molecular complexity index is 677. The van der Waals surface area contributed by atoms with Crippen LogP contribution in [0.2, 0.25) is 0 Å². The molecule has 0 spiro atoms. The third kappa shape index (κ3) is 3.16. The fourth-order valence-electron chi connectivity index (χ4n) is 2.77. The van der Waals surface area contributed by atoms with Gasteiger partial charge in [0.15, 0.2) is 5.82 Å². The Hall–Kier alpha value is -2.22. The minimum absolute atomic E-state index is 0.0367. The fourth-order valence-corrected chi connectivity index (χ4v) is 2.77. The van der Waals surface area contributed by atoms with E-state index in [0.29, 0.717) is 24.1 Å². The summed E-state index contributed by atoms with van der Waals surface area (Å²) in [4.78, 5) is 18.5. The molecule has 0 saturated carbocycles. The SMILES string of the molecule is Cc1cc(NC(=O)CN2CC[C@H](c3nc(C)no3)C2)n(C)n1. The first-order valence-electron chi connectivity index (χ1n) is 7.34. The zero-order valence-corrected chi connectivity index (χ0v) is 13.0. The molecule has 1 atom stereocenters. The molecule has 3 heterocycles. The molecule has 22 heavy (non-hydrogen) atoms. The van der Waals surface area contributed by atoms with Crippen molar-refractivity contribution in [2.45, 2.75) is 26.2 Å². The number of nitrogens with one attached hydrogen (secondary N) is 1. The number of hydrogen-bond acceptors (Lipinski definition) is 6. The Morgan fingerprint density at radius 2 is 2.32 bits per heavy atom. The monoisotopic (exact) mass is 304 g/mol. The summed E-state index contributed by atoms with van der Waals surface area (Å²) in [5.41, 5.74) is 0.880. The summed E-state index contributed by atoms with van der Waals surface area (Å²) in [6.07, 6.45) is 0.930. The van der Waals surface area contributed by atoms with Gasteiger partial charge in [-0.15, -0.1) is 0 Å². The Morgan fingerprint density at radius 3 is 2.95 bits per heavy atom. The van der Waals surface area contributed by atoms with Gasteiger partial charge in [0.05, 0.1) is 18.2 Å². The first kappa shape index (κ1) is 14.7. The lowest BCUT2D eigenvalue weighted by molar-refractivity contribution is -0.117. The molecule has 1 N–H and O–H groups in total. The van der Waals surface area contributed by atoms with E-state index in [2.05, 4.69) is 25.5 Å². The van der Waals surface area contributed by atoms with E-state index < -0.39 is 0 Å². The van der Waals surface area contributed by atoms with Crippen molar-refractivity contribution in [1.82, 2.24) is 24.8 Å². The first-order valence-corrected chi connectivity index (χ1v) is 7.34. The third-order valence-corrected chi connectivity index (χ3v) is 3.80. The van der Waals surface area contributed by atoms with Gasteiger partial charge in [0.1, 0.15) is 5.82 Å². The molecule has 1 fully saturated rings. The molecule has 0 bridgehead atoms. The van der Waals surface area contributed by atoms with Gasteiger partial charge in [0.25, 0.3) is 0 Å². The molecule has 1 aliphatic rings. The zero-order chi connectivity index (χ0) is 15.7. The van der Waals surface area contributed by atoms with Crippen LogP contribution < -0.4 is 5.32 Å². The molecule has 1 amide bonds. The number of amides is 1. The molecule has 0 radical (unpaired) electrons. The predicted molar refractivity (Wildman–Crippen MR) is 79.4 cm³/mol. The minimum atomic E-state index is -0.0367. The van der Waals surface area contributed by atoms with E-state index in [1.54, 1.807) is 4.68 Å². The van der Waals surface area contributed by atoms with Crippen LogP contribution in [0.15, 0.2) is 10.6 Å². The average Bonchev–Trinajstić information content (AvgIpc) is 3.12. The van der Waals surface area contributed by atoms with Gasteiger partial charge in [0.2, 0.25) is 11.8 Å². The second kappa shape index (κ2) is 5.88. The molecular formula is C14H20N6O2. The van der Waals surface area contributed by atoms with Crippen molar-refractivity contribution >= 4 is 11.7 Å². The Kier molecular flexibility index (Phi) is 3.93. The van der Waals surface area contributed by atoms with Crippen molar-refractivity contribution in [3.05, 3.63) is 23.5 Å². The van der Waals surface area contributed by atoms with Crippen molar-refractivity contribution in [2.24, 2.45) is 7.05 Å². The van der Waals surface area contributed by atoms with Crippen LogP contribution in [0.5, 0.6) is 0 Å². The lowest BCUT2D eigenvalue weighted by Crippen LogP contribution is -2.32. The van der Waals surface area contributed by atoms with E-state index in [9.17, 15) is 4.79 Å². The maximum Gasteiger partial charge on any atom is 0.239 e. The van der Waals surface area contributed by atoms with Crippen LogP contribution >= 0.6 is 0 Å². The number of carbonyl (C=O) groups is 1. The summed E-state index contributed by atoms with van der Waals surface area (Å²) in [6.45, 7) is 5.67. The number of nitrogens with zero attached hydrogens (tertiary/aromatic N) is 5. The minimum Gasteiger partial charge on any atom is -0.339 e. The van der Waals surface area contributed by atoms with Gasteiger partial charge in [-0.3, -0.25) is 14.4 Å². The molecular weight excluding hydrogens is 284 g/mol. The second-order valence-electron chi connectivity index (χ2n) is 5.74. The molecule has 2 aromatic rings. The molecule has 118 valence electrons. The predicted octanol–water partition coefficient (Wildman–Crippen LogP) is 0.848. The summed E-state index contributed by atoms with van der Waals surface area (Å²) in [7, 11) is 1.81.